The summed E-state index contributed by atoms with van der Waals surface area (Å²) >= 11 is 0. The summed E-state index contributed by atoms with van der Waals surface area (Å²) in [5.41, 5.74) is 3.11. The molecule has 2 aliphatic heterocycles. The number of nitrogens with zero attached hydrogens (tertiary/aromatic N) is 3. The van der Waals surface area contributed by atoms with Crippen molar-refractivity contribution in [3.05, 3.63) is 35.9 Å². The molecule has 3 aliphatic rings. The highest BCUT2D eigenvalue weighted by molar-refractivity contribution is 6.26. The summed E-state index contributed by atoms with van der Waals surface area (Å²) in [5, 5.41) is 2.27. The zero-order chi connectivity index (χ0) is 21.4. The standard InChI is InChI=1S/C25H31N3O3/c1-2-31-23(29)17-26-12-5-13-27(15-14-26)21-10-11-22-24-19(21)8-4-9-20(24)25(30)28(22)16-18-6-3-7-18/h4,8-11,18H,2-3,5-7,12-17H2,1H3. The van der Waals surface area contributed by atoms with Gasteiger partial charge in [0.05, 0.1) is 18.8 Å². The normalized spacial score (nSPS) is 19.6. The molecule has 1 aliphatic carbocycles. The molecule has 2 fully saturated rings. The molecule has 0 spiro atoms. The highest BCUT2D eigenvalue weighted by atomic mass is 16.5. The molecule has 0 radical (unpaired) electrons. The fourth-order valence-electron chi connectivity index (χ4n) is 5.18. The van der Waals surface area contributed by atoms with Crippen LogP contribution >= 0.6 is 0 Å². The second-order valence-corrected chi connectivity index (χ2v) is 8.97. The first kappa shape index (κ1) is 20.3. The highest BCUT2D eigenvalue weighted by Gasteiger charge is 2.34. The van der Waals surface area contributed by atoms with Crippen LogP contribution in [-0.4, -0.2) is 62.7 Å². The maximum atomic E-state index is 13.2. The van der Waals surface area contributed by atoms with E-state index in [1.54, 1.807) is 0 Å². The first-order valence-electron chi connectivity index (χ1n) is 11.7. The van der Waals surface area contributed by atoms with E-state index in [1.807, 2.05) is 24.0 Å². The van der Waals surface area contributed by atoms with E-state index in [1.165, 1.54) is 30.3 Å². The number of carbonyl (C=O) groups excluding carboxylic acids is 2. The number of benzene rings is 2. The second-order valence-electron chi connectivity index (χ2n) is 8.97. The summed E-state index contributed by atoms with van der Waals surface area (Å²) in [6.45, 7) is 6.99. The lowest BCUT2D eigenvalue weighted by Crippen LogP contribution is -2.35. The Bertz CT molecular complexity index is 1000. The first-order valence-corrected chi connectivity index (χ1v) is 11.7. The van der Waals surface area contributed by atoms with Gasteiger partial charge in [-0.15, -0.1) is 0 Å². The molecule has 5 rings (SSSR count). The van der Waals surface area contributed by atoms with Crippen molar-refractivity contribution < 1.29 is 14.3 Å². The fraction of sp³-hybridized carbons (Fsp3) is 0.520. The van der Waals surface area contributed by atoms with E-state index in [-0.39, 0.29) is 11.9 Å². The van der Waals surface area contributed by atoms with Crippen molar-refractivity contribution in [2.24, 2.45) is 5.92 Å². The molecule has 1 saturated carbocycles. The van der Waals surface area contributed by atoms with Crippen LogP contribution < -0.4 is 9.80 Å². The van der Waals surface area contributed by atoms with Gasteiger partial charge in [0.1, 0.15) is 0 Å². The van der Waals surface area contributed by atoms with E-state index in [9.17, 15) is 9.59 Å². The number of rotatable bonds is 6. The third kappa shape index (κ3) is 3.78. The molecule has 1 saturated heterocycles. The van der Waals surface area contributed by atoms with Crippen molar-refractivity contribution >= 4 is 34.0 Å². The molecular weight excluding hydrogens is 390 g/mol. The largest absolute Gasteiger partial charge is 0.465 e. The Morgan fingerprint density at radius 1 is 1.03 bits per heavy atom. The number of esters is 1. The van der Waals surface area contributed by atoms with Crippen LogP contribution in [0.25, 0.3) is 10.8 Å². The second kappa shape index (κ2) is 8.50. The molecule has 2 heterocycles. The molecule has 2 aromatic carbocycles. The highest BCUT2D eigenvalue weighted by Crippen LogP contribution is 2.43. The molecule has 164 valence electrons. The first-order chi connectivity index (χ1) is 15.2. The van der Waals surface area contributed by atoms with Gasteiger partial charge in [0, 0.05) is 54.7 Å². The van der Waals surface area contributed by atoms with E-state index in [4.69, 9.17) is 4.74 Å². The molecule has 0 bridgehead atoms. The van der Waals surface area contributed by atoms with Crippen molar-refractivity contribution in [1.29, 1.82) is 0 Å². The predicted octanol–water partition coefficient (Wildman–Crippen LogP) is 3.68. The third-order valence-electron chi connectivity index (χ3n) is 7.01. The van der Waals surface area contributed by atoms with Gasteiger partial charge < -0.3 is 14.5 Å². The molecule has 0 unspecified atom stereocenters. The molecule has 0 atom stereocenters. The molecule has 0 N–H and O–H groups in total. The van der Waals surface area contributed by atoms with Crippen LogP contribution in [0.3, 0.4) is 0 Å². The summed E-state index contributed by atoms with van der Waals surface area (Å²) in [7, 11) is 0. The van der Waals surface area contributed by atoms with Gasteiger partial charge in [0.25, 0.3) is 5.91 Å². The number of amides is 1. The Morgan fingerprint density at radius 3 is 2.65 bits per heavy atom. The lowest BCUT2D eigenvalue weighted by Gasteiger charge is -2.31. The van der Waals surface area contributed by atoms with Crippen LogP contribution in [0, 0.1) is 5.92 Å². The summed E-state index contributed by atoms with van der Waals surface area (Å²) in [6, 6.07) is 10.5. The number of hydrogen-bond acceptors (Lipinski definition) is 5. The summed E-state index contributed by atoms with van der Waals surface area (Å²) < 4.78 is 5.12. The Hall–Kier alpha value is -2.60. The minimum absolute atomic E-state index is 0.147. The van der Waals surface area contributed by atoms with E-state index in [0.717, 1.165) is 55.8 Å². The Labute approximate surface area is 183 Å². The molecule has 31 heavy (non-hydrogen) atoms. The number of hydrogen-bond donors (Lipinski definition) is 0. The maximum Gasteiger partial charge on any atom is 0.320 e. The number of carbonyl (C=O) groups is 2. The summed E-state index contributed by atoms with van der Waals surface area (Å²) in [6.07, 6.45) is 4.75. The minimum atomic E-state index is -0.147. The number of ether oxygens (including phenoxy) is 1. The van der Waals surface area contributed by atoms with Crippen molar-refractivity contribution in [3.63, 3.8) is 0 Å². The molecular formula is C25H31N3O3. The van der Waals surface area contributed by atoms with Gasteiger partial charge in [-0.25, -0.2) is 0 Å². The van der Waals surface area contributed by atoms with Gasteiger partial charge in [-0.2, -0.15) is 0 Å². The monoisotopic (exact) mass is 421 g/mol. The lowest BCUT2D eigenvalue weighted by molar-refractivity contribution is -0.144. The van der Waals surface area contributed by atoms with Crippen LogP contribution in [0.5, 0.6) is 0 Å². The van der Waals surface area contributed by atoms with Gasteiger partial charge in [-0.3, -0.25) is 14.5 Å². The Balaban J connectivity index is 1.39. The maximum absolute atomic E-state index is 13.2. The summed E-state index contributed by atoms with van der Waals surface area (Å²) in [4.78, 5) is 31.6. The molecule has 0 aromatic heterocycles. The lowest BCUT2D eigenvalue weighted by atomic mass is 9.85. The fourth-order valence-corrected chi connectivity index (χ4v) is 5.18. The molecule has 6 heteroatoms. The Kier molecular flexibility index (Phi) is 5.57. The van der Waals surface area contributed by atoms with Gasteiger partial charge in [0.15, 0.2) is 0 Å². The van der Waals surface area contributed by atoms with Crippen molar-refractivity contribution in [1.82, 2.24) is 4.90 Å². The average molecular weight is 422 g/mol. The van der Waals surface area contributed by atoms with Crippen LogP contribution in [0.2, 0.25) is 0 Å². The quantitative estimate of drug-likeness (QED) is 0.666. The zero-order valence-corrected chi connectivity index (χ0v) is 18.3. The van der Waals surface area contributed by atoms with E-state index in [2.05, 4.69) is 28.0 Å². The number of anilines is 2. The van der Waals surface area contributed by atoms with Crippen molar-refractivity contribution in [2.75, 3.05) is 55.7 Å². The smallest absolute Gasteiger partial charge is 0.320 e. The summed E-state index contributed by atoms with van der Waals surface area (Å²) in [5.74, 6) is 0.649. The van der Waals surface area contributed by atoms with Crippen molar-refractivity contribution in [3.8, 4) is 0 Å². The topological polar surface area (TPSA) is 53.1 Å². The minimum Gasteiger partial charge on any atom is -0.465 e. The van der Waals surface area contributed by atoms with E-state index >= 15 is 0 Å². The van der Waals surface area contributed by atoms with Crippen LogP contribution in [0.4, 0.5) is 11.4 Å². The third-order valence-corrected chi connectivity index (χ3v) is 7.01. The average Bonchev–Trinajstić information content (AvgIpc) is 2.87. The van der Waals surface area contributed by atoms with Gasteiger partial charge in [-0.1, -0.05) is 18.6 Å². The molecule has 6 nitrogen and oxygen atoms in total. The van der Waals surface area contributed by atoms with E-state index < -0.39 is 0 Å². The predicted molar refractivity (Wildman–Crippen MR) is 123 cm³/mol. The molecule has 2 aromatic rings. The zero-order valence-electron chi connectivity index (χ0n) is 18.3. The van der Waals surface area contributed by atoms with Crippen LogP contribution in [0.1, 0.15) is 43.0 Å². The molecule has 1 amide bonds. The Morgan fingerprint density at radius 2 is 1.87 bits per heavy atom. The van der Waals surface area contributed by atoms with Gasteiger partial charge >= 0.3 is 5.97 Å². The SMILES string of the molecule is CCOC(=O)CN1CCCN(c2ccc3c4c(cccc24)C(=O)N3CC2CCC2)CC1. The van der Waals surface area contributed by atoms with Gasteiger partial charge in [-0.05, 0) is 50.3 Å². The van der Waals surface area contributed by atoms with E-state index in [0.29, 0.717) is 19.1 Å². The van der Waals surface area contributed by atoms with Crippen LogP contribution in [0.15, 0.2) is 30.3 Å². The van der Waals surface area contributed by atoms with Gasteiger partial charge in [0.2, 0.25) is 0 Å². The van der Waals surface area contributed by atoms with Crippen molar-refractivity contribution in [2.45, 2.75) is 32.6 Å². The van der Waals surface area contributed by atoms with Crippen LogP contribution in [-0.2, 0) is 9.53 Å².